The van der Waals surface area contributed by atoms with Crippen molar-refractivity contribution in [3.8, 4) is 5.75 Å². The Morgan fingerprint density at radius 3 is 2.47 bits per heavy atom. The Hall–Kier alpha value is -0.790. The minimum Gasteiger partial charge on any atom is -0.484 e. The average molecular weight is 282 g/mol. The van der Waals surface area contributed by atoms with Gasteiger partial charge in [0.15, 0.2) is 6.35 Å². The molecule has 0 N–H and O–H groups in total. The number of hydrogen-bond donors (Lipinski definition) is 0. The summed E-state index contributed by atoms with van der Waals surface area (Å²) in [6.45, 7) is 2.39. The molecule has 1 saturated carbocycles. The molecule has 19 heavy (non-hydrogen) atoms. The maximum absolute atomic E-state index is 13.0. The number of para-hydroxylation sites is 1. The summed E-state index contributed by atoms with van der Waals surface area (Å²) in [6, 6.07) is 9.55. The van der Waals surface area contributed by atoms with E-state index in [4.69, 9.17) is 9.26 Å². The maximum atomic E-state index is 13.0. The third kappa shape index (κ3) is 4.09. The highest BCUT2D eigenvalue weighted by Crippen LogP contribution is 2.56. The molecular formula is C15H23O3P. The van der Waals surface area contributed by atoms with E-state index < -0.39 is 7.37 Å². The van der Waals surface area contributed by atoms with Crippen molar-refractivity contribution in [2.45, 2.75) is 44.7 Å². The normalized spacial score (nSPS) is 19.8. The van der Waals surface area contributed by atoms with Crippen LogP contribution in [0.15, 0.2) is 30.3 Å². The fourth-order valence-electron chi connectivity index (χ4n) is 2.62. The second kappa shape index (κ2) is 7.12. The molecule has 2 rings (SSSR count). The van der Waals surface area contributed by atoms with Crippen molar-refractivity contribution in [3.63, 3.8) is 0 Å². The Bertz CT molecular complexity index is 413. The molecule has 0 aliphatic heterocycles. The molecule has 0 aromatic heterocycles. The van der Waals surface area contributed by atoms with Crippen LogP contribution >= 0.6 is 7.37 Å². The summed E-state index contributed by atoms with van der Waals surface area (Å²) in [5.41, 5.74) is 0.185. The zero-order valence-electron chi connectivity index (χ0n) is 11.6. The predicted molar refractivity (Wildman–Crippen MR) is 78.0 cm³/mol. The molecule has 4 heteroatoms. The molecule has 0 saturated heterocycles. The lowest BCUT2D eigenvalue weighted by Crippen LogP contribution is -2.19. The van der Waals surface area contributed by atoms with Gasteiger partial charge in [0.25, 0.3) is 0 Å². The van der Waals surface area contributed by atoms with Crippen molar-refractivity contribution in [1.82, 2.24) is 0 Å². The molecule has 1 unspecified atom stereocenters. The van der Waals surface area contributed by atoms with E-state index in [-0.39, 0.29) is 12.0 Å². The summed E-state index contributed by atoms with van der Waals surface area (Å²) in [6.07, 6.45) is 5.79. The summed E-state index contributed by atoms with van der Waals surface area (Å²) < 4.78 is 24.3. The number of ether oxygens (including phenoxy) is 1. The van der Waals surface area contributed by atoms with Crippen LogP contribution in [-0.2, 0) is 9.09 Å². The van der Waals surface area contributed by atoms with Gasteiger partial charge in [0.2, 0.25) is 7.37 Å². The molecule has 0 amide bonds. The van der Waals surface area contributed by atoms with Gasteiger partial charge in [-0.15, -0.1) is 0 Å². The largest absolute Gasteiger partial charge is 0.484 e. The second-order valence-electron chi connectivity index (χ2n) is 5.02. The second-order valence-corrected chi connectivity index (χ2v) is 7.72. The Morgan fingerprint density at radius 1 is 1.16 bits per heavy atom. The molecule has 0 radical (unpaired) electrons. The van der Waals surface area contributed by atoms with Gasteiger partial charge in [-0.1, -0.05) is 37.5 Å². The van der Waals surface area contributed by atoms with Gasteiger partial charge in [-0.25, -0.2) is 0 Å². The lowest BCUT2D eigenvalue weighted by atomic mass is 10.0. The molecule has 0 heterocycles. The third-order valence-electron chi connectivity index (χ3n) is 3.63. The SMILES string of the molecule is CCOP(=O)(COc1ccccc1)C1CCCCC1. The average Bonchev–Trinajstić information content (AvgIpc) is 2.48. The standard InChI is InChI=1S/C15H23O3P/c1-2-18-19(16,15-11-7-4-8-12-15)13-17-14-9-5-3-6-10-14/h3,5-6,9-10,15H,2,4,7-8,11-13H2,1H3. The fraction of sp³-hybridized carbons (Fsp3) is 0.600. The first kappa shape index (κ1) is 14.6. The molecule has 1 fully saturated rings. The molecule has 1 aromatic carbocycles. The van der Waals surface area contributed by atoms with Gasteiger partial charge in [0, 0.05) is 5.66 Å². The van der Waals surface area contributed by atoms with Crippen LogP contribution in [0, 0.1) is 0 Å². The Kier molecular flexibility index (Phi) is 5.47. The predicted octanol–water partition coefficient (Wildman–Crippen LogP) is 4.67. The highest BCUT2D eigenvalue weighted by molar-refractivity contribution is 7.59. The van der Waals surface area contributed by atoms with E-state index in [9.17, 15) is 4.57 Å². The van der Waals surface area contributed by atoms with Crippen molar-refractivity contribution < 1.29 is 13.8 Å². The first-order valence-corrected chi connectivity index (χ1v) is 9.03. The number of benzene rings is 1. The van der Waals surface area contributed by atoms with Crippen LogP contribution < -0.4 is 4.74 Å². The summed E-state index contributed by atoms with van der Waals surface area (Å²) in [4.78, 5) is 0. The Balaban J connectivity index is 2.00. The van der Waals surface area contributed by atoms with Gasteiger partial charge in [-0.05, 0) is 31.9 Å². The van der Waals surface area contributed by atoms with Crippen LogP contribution in [0.1, 0.15) is 39.0 Å². The van der Waals surface area contributed by atoms with E-state index in [1.807, 2.05) is 37.3 Å². The molecule has 1 aliphatic carbocycles. The van der Waals surface area contributed by atoms with Crippen molar-refractivity contribution in [2.75, 3.05) is 13.0 Å². The van der Waals surface area contributed by atoms with Gasteiger partial charge in [0.05, 0.1) is 6.61 Å². The Labute approximate surface area is 115 Å². The lowest BCUT2D eigenvalue weighted by Gasteiger charge is -2.29. The number of hydrogen-bond acceptors (Lipinski definition) is 3. The summed E-state index contributed by atoms with van der Waals surface area (Å²) >= 11 is 0. The smallest absolute Gasteiger partial charge is 0.242 e. The molecule has 1 aliphatic rings. The van der Waals surface area contributed by atoms with Gasteiger partial charge in [-0.2, -0.15) is 0 Å². The maximum Gasteiger partial charge on any atom is 0.242 e. The highest BCUT2D eigenvalue weighted by Gasteiger charge is 2.35. The monoisotopic (exact) mass is 282 g/mol. The van der Waals surface area contributed by atoms with E-state index in [1.165, 1.54) is 6.42 Å². The van der Waals surface area contributed by atoms with E-state index in [0.717, 1.165) is 31.4 Å². The van der Waals surface area contributed by atoms with Crippen LogP contribution in [0.25, 0.3) is 0 Å². The zero-order chi connectivity index (χ0) is 13.6. The lowest BCUT2D eigenvalue weighted by molar-refractivity contribution is 0.278. The summed E-state index contributed by atoms with van der Waals surface area (Å²) in [5, 5.41) is 0. The first-order valence-electron chi connectivity index (χ1n) is 7.16. The minimum absolute atomic E-state index is 0.185. The first-order chi connectivity index (χ1) is 9.24. The quantitative estimate of drug-likeness (QED) is 0.711. The molecular weight excluding hydrogens is 259 g/mol. The third-order valence-corrected chi connectivity index (χ3v) is 6.45. The highest BCUT2D eigenvalue weighted by atomic mass is 31.2. The van der Waals surface area contributed by atoms with E-state index in [2.05, 4.69) is 0 Å². The van der Waals surface area contributed by atoms with Gasteiger partial charge in [-0.3, -0.25) is 4.57 Å². The van der Waals surface area contributed by atoms with Crippen LogP contribution in [0.5, 0.6) is 5.75 Å². The van der Waals surface area contributed by atoms with Gasteiger partial charge >= 0.3 is 0 Å². The van der Waals surface area contributed by atoms with Crippen LogP contribution in [0.3, 0.4) is 0 Å². The van der Waals surface area contributed by atoms with Gasteiger partial charge < -0.3 is 9.26 Å². The molecule has 3 nitrogen and oxygen atoms in total. The van der Waals surface area contributed by atoms with Crippen LogP contribution in [0.4, 0.5) is 0 Å². The molecule has 106 valence electrons. The van der Waals surface area contributed by atoms with Crippen LogP contribution in [-0.4, -0.2) is 18.6 Å². The summed E-state index contributed by atoms with van der Waals surface area (Å²) in [7, 11) is -2.68. The molecule has 0 bridgehead atoms. The van der Waals surface area contributed by atoms with E-state index >= 15 is 0 Å². The van der Waals surface area contributed by atoms with Crippen molar-refractivity contribution in [2.24, 2.45) is 0 Å². The number of rotatable bonds is 6. The minimum atomic E-state index is -2.68. The fourth-order valence-corrected chi connectivity index (χ4v) is 5.04. The Morgan fingerprint density at radius 2 is 1.84 bits per heavy atom. The van der Waals surface area contributed by atoms with Crippen LogP contribution in [0.2, 0.25) is 0 Å². The molecule has 1 aromatic rings. The molecule has 0 spiro atoms. The van der Waals surface area contributed by atoms with Gasteiger partial charge in [0.1, 0.15) is 5.75 Å². The van der Waals surface area contributed by atoms with Crippen molar-refractivity contribution in [1.29, 1.82) is 0 Å². The summed E-state index contributed by atoms with van der Waals surface area (Å²) in [5.74, 6) is 0.762. The van der Waals surface area contributed by atoms with E-state index in [1.54, 1.807) is 0 Å². The molecule has 1 atom stereocenters. The van der Waals surface area contributed by atoms with Crippen molar-refractivity contribution in [3.05, 3.63) is 30.3 Å². The van der Waals surface area contributed by atoms with Crippen molar-refractivity contribution >= 4 is 7.37 Å². The zero-order valence-corrected chi connectivity index (χ0v) is 12.5. The van der Waals surface area contributed by atoms with E-state index in [0.29, 0.717) is 6.61 Å². The topological polar surface area (TPSA) is 35.5 Å².